The van der Waals surface area contributed by atoms with Crippen LogP contribution in [0.3, 0.4) is 0 Å². The Morgan fingerprint density at radius 3 is 2.79 bits per heavy atom. The predicted octanol–water partition coefficient (Wildman–Crippen LogP) is 3.06. The minimum Gasteiger partial charge on any atom is -0.488 e. The highest BCUT2D eigenvalue weighted by atomic mass is 19.1. The van der Waals surface area contributed by atoms with E-state index in [0.717, 1.165) is 28.0 Å². The molecule has 0 bridgehead atoms. The van der Waals surface area contributed by atoms with Crippen LogP contribution in [0.5, 0.6) is 5.75 Å². The lowest BCUT2D eigenvalue weighted by atomic mass is 9.97. The monoisotopic (exact) mass is 257 g/mol. The molecule has 3 rings (SSSR count). The number of hydrogen-bond acceptors (Lipinski definition) is 2. The fourth-order valence-corrected chi connectivity index (χ4v) is 2.60. The normalized spacial score (nSPS) is 17.1. The highest BCUT2D eigenvalue weighted by molar-refractivity contribution is 5.75. The van der Waals surface area contributed by atoms with Crippen LogP contribution < -0.4 is 10.5 Å². The van der Waals surface area contributed by atoms with E-state index < -0.39 is 0 Å². The van der Waals surface area contributed by atoms with Crippen LogP contribution in [-0.4, -0.2) is 12.6 Å². The minimum atomic E-state index is -0.224. The van der Waals surface area contributed by atoms with Crippen molar-refractivity contribution in [1.82, 2.24) is 0 Å². The van der Waals surface area contributed by atoms with Gasteiger partial charge in [0.05, 0.1) is 0 Å². The van der Waals surface area contributed by atoms with Gasteiger partial charge in [-0.05, 0) is 30.2 Å². The molecule has 0 radical (unpaired) electrons. The number of ether oxygens (including phenoxy) is 1. The molecule has 0 aromatic heterocycles. The Hall–Kier alpha value is -1.87. The minimum absolute atomic E-state index is 0.0421. The van der Waals surface area contributed by atoms with Crippen molar-refractivity contribution in [1.29, 1.82) is 0 Å². The van der Waals surface area contributed by atoms with Gasteiger partial charge in [-0.1, -0.05) is 24.3 Å². The molecule has 0 saturated heterocycles. The molecule has 19 heavy (non-hydrogen) atoms. The largest absolute Gasteiger partial charge is 0.488 e. The molecular formula is C16H16FNO. The van der Waals surface area contributed by atoms with Gasteiger partial charge in [-0.2, -0.15) is 0 Å². The molecule has 98 valence electrons. The SMILES string of the molecule is Cc1ccccc1-c1cc(F)cc2c1O[C@H](CN)C2. The number of halogens is 1. The summed E-state index contributed by atoms with van der Waals surface area (Å²) in [5.41, 5.74) is 9.50. The number of aryl methyl sites for hydroxylation is 1. The zero-order valence-corrected chi connectivity index (χ0v) is 10.8. The van der Waals surface area contributed by atoms with E-state index in [0.29, 0.717) is 13.0 Å². The van der Waals surface area contributed by atoms with Gasteiger partial charge in [0.1, 0.15) is 17.7 Å². The summed E-state index contributed by atoms with van der Waals surface area (Å²) >= 11 is 0. The lowest BCUT2D eigenvalue weighted by molar-refractivity contribution is 0.242. The third kappa shape index (κ3) is 2.10. The van der Waals surface area contributed by atoms with Crippen molar-refractivity contribution in [2.24, 2.45) is 5.73 Å². The van der Waals surface area contributed by atoms with Crippen LogP contribution >= 0.6 is 0 Å². The number of fused-ring (bicyclic) bond motifs is 1. The maximum Gasteiger partial charge on any atom is 0.131 e. The Balaban J connectivity index is 2.16. The van der Waals surface area contributed by atoms with Crippen molar-refractivity contribution in [2.45, 2.75) is 19.4 Å². The van der Waals surface area contributed by atoms with Crippen molar-refractivity contribution in [3.8, 4) is 16.9 Å². The second-order valence-corrected chi connectivity index (χ2v) is 4.94. The van der Waals surface area contributed by atoms with Crippen molar-refractivity contribution in [2.75, 3.05) is 6.54 Å². The number of benzene rings is 2. The Kier molecular flexibility index (Phi) is 2.99. The Morgan fingerprint density at radius 2 is 2.05 bits per heavy atom. The van der Waals surface area contributed by atoms with Crippen molar-refractivity contribution < 1.29 is 9.13 Å². The second-order valence-electron chi connectivity index (χ2n) is 4.94. The molecule has 0 aliphatic carbocycles. The molecule has 0 saturated carbocycles. The highest BCUT2D eigenvalue weighted by Crippen LogP contribution is 2.40. The van der Waals surface area contributed by atoms with E-state index in [2.05, 4.69) is 0 Å². The average molecular weight is 257 g/mol. The Labute approximate surface area is 112 Å². The van der Waals surface area contributed by atoms with E-state index in [4.69, 9.17) is 10.5 Å². The van der Waals surface area contributed by atoms with Gasteiger partial charge in [0.15, 0.2) is 0 Å². The fourth-order valence-electron chi connectivity index (χ4n) is 2.60. The summed E-state index contributed by atoms with van der Waals surface area (Å²) in [6, 6.07) is 11.0. The van der Waals surface area contributed by atoms with E-state index in [-0.39, 0.29) is 11.9 Å². The van der Waals surface area contributed by atoms with Crippen molar-refractivity contribution in [3.05, 3.63) is 53.3 Å². The first-order valence-electron chi connectivity index (χ1n) is 6.44. The molecule has 3 heteroatoms. The standard InChI is InChI=1S/C16H16FNO/c1-10-4-2-3-5-14(10)15-8-12(17)6-11-7-13(9-18)19-16(11)15/h2-6,8,13H,7,9,18H2,1H3/t13-/m0/s1. The van der Waals surface area contributed by atoms with Gasteiger partial charge in [-0.25, -0.2) is 4.39 Å². The van der Waals surface area contributed by atoms with Crippen LogP contribution in [0.4, 0.5) is 4.39 Å². The van der Waals surface area contributed by atoms with Crippen LogP contribution in [-0.2, 0) is 6.42 Å². The van der Waals surface area contributed by atoms with Gasteiger partial charge >= 0.3 is 0 Å². The van der Waals surface area contributed by atoms with Gasteiger partial charge in [0.25, 0.3) is 0 Å². The molecule has 2 nitrogen and oxygen atoms in total. The lowest BCUT2D eigenvalue weighted by Crippen LogP contribution is -2.24. The summed E-state index contributed by atoms with van der Waals surface area (Å²) in [6.45, 7) is 2.46. The van der Waals surface area contributed by atoms with Crippen LogP contribution in [0.1, 0.15) is 11.1 Å². The fraction of sp³-hybridized carbons (Fsp3) is 0.250. The van der Waals surface area contributed by atoms with Crippen LogP contribution in [0.2, 0.25) is 0 Å². The maximum atomic E-state index is 13.8. The molecular weight excluding hydrogens is 241 g/mol. The molecule has 1 aliphatic heterocycles. The lowest BCUT2D eigenvalue weighted by Gasteiger charge is -2.12. The third-order valence-corrected chi connectivity index (χ3v) is 3.56. The number of nitrogens with two attached hydrogens (primary N) is 1. The zero-order chi connectivity index (χ0) is 13.4. The van der Waals surface area contributed by atoms with Gasteiger partial charge in [0.2, 0.25) is 0 Å². The molecule has 0 unspecified atom stereocenters. The van der Waals surface area contributed by atoms with Crippen molar-refractivity contribution >= 4 is 0 Å². The first-order valence-corrected chi connectivity index (χ1v) is 6.44. The number of hydrogen-bond donors (Lipinski definition) is 1. The van der Waals surface area contributed by atoms with E-state index in [1.54, 1.807) is 12.1 Å². The quantitative estimate of drug-likeness (QED) is 0.897. The molecule has 2 aromatic carbocycles. The summed E-state index contributed by atoms with van der Waals surface area (Å²) in [4.78, 5) is 0. The smallest absolute Gasteiger partial charge is 0.131 e. The van der Waals surface area contributed by atoms with E-state index in [9.17, 15) is 4.39 Å². The Bertz CT molecular complexity index is 624. The topological polar surface area (TPSA) is 35.2 Å². The summed E-state index contributed by atoms with van der Waals surface area (Å²) in [5, 5.41) is 0. The van der Waals surface area contributed by atoms with Crippen LogP contribution in [0.25, 0.3) is 11.1 Å². The van der Waals surface area contributed by atoms with E-state index in [1.807, 2.05) is 31.2 Å². The summed E-state index contributed by atoms with van der Waals surface area (Å²) in [5.74, 6) is 0.560. The van der Waals surface area contributed by atoms with E-state index >= 15 is 0 Å². The summed E-state index contributed by atoms with van der Waals surface area (Å²) in [7, 11) is 0. The first kappa shape index (κ1) is 12.2. The Morgan fingerprint density at radius 1 is 1.26 bits per heavy atom. The molecule has 1 heterocycles. The first-order chi connectivity index (χ1) is 9.19. The maximum absolute atomic E-state index is 13.8. The van der Waals surface area contributed by atoms with Crippen LogP contribution in [0.15, 0.2) is 36.4 Å². The molecule has 1 atom stereocenters. The summed E-state index contributed by atoms with van der Waals surface area (Å²) in [6.07, 6.45) is 0.641. The van der Waals surface area contributed by atoms with Crippen molar-refractivity contribution in [3.63, 3.8) is 0 Å². The predicted molar refractivity (Wildman–Crippen MR) is 73.7 cm³/mol. The average Bonchev–Trinajstić information content (AvgIpc) is 2.81. The molecule has 1 aliphatic rings. The molecule has 0 spiro atoms. The van der Waals surface area contributed by atoms with Gasteiger partial charge < -0.3 is 10.5 Å². The molecule has 0 fully saturated rings. The van der Waals surface area contributed by atoms with Gasteiger partial charge in [-0.3, -0.25) is 0 Å². The second kappa shape index (κ2) is 4.67. The molecule has 2 N–H and O–H groups in total. The number of rotatable bonds is 2. The van der Waals surface area contributed by atoms with Crippen LogP contribution in [0, 0.1) is 12.7 Å². The highest BCUT2D eigenvalue weighted by Gasteiger charge is 2.26. The van der Waals surface area contributed by atoms with Gasteiger partial charge in [-0.15, -0.1) is 0 Å². The molecule has 0 amide bonds. The zero-order valence-electron chi connectivity index (χ0n) is 10.8. The summed E-state index contributed by atoms with van der Waals surface area (Å²) < 4.78 is 19.6. The third-order valence-electron chi connectivity index (χ3n) is 3.56. The van der Waals surface area contributed by atoms with Gasteiger partial charge in [0, 0.05) is 24.1 Å². The van der Waals surface area contributed by atoms with E-state index in [1.165, 1.54) is 0 Å². The molecule has 2 aromatic rings.